The fraction of sp³-hybridized carbons (Fsp3) is 0.300. The second kappa shape index (κ2) is 6.97. The summed E-state index contributed by atoms with van der Waals surface area (Å²) in [5.41, 5.74) is 4.31. The van der Waals surface area contributed by atoms with E-state index in [1.54, 1.807) is 4.68 Å². The highest BCUT2D eigenvalue weighted by Gasteiger charge is 2.19. The third-order valence-corrected chi connectivity index (χ3v) is 4.38. The first-order valence-electron chi connectivity index (χ1n) is 8.59. The van der Waals surface area contributed by atoms with Crippen molar-refractivity contribution in [2.75, 3.05) is 0 Å². The zero-order valence-electron chi connectivity index (χ0n) is 15.2. The molecule has 0 aliphatic heterocycles. The van der Waals surface area contributed by atoms with E-state index in [1.165, 1.54) is 0 Å². The molecule has 0 saturated carbocycles. The van der Waals surface area contributed by atoms with Gasteiger partial charge in [-0.15, -0.1) is 0 Å². The van der Waals surface area contributed by atoms with E-state index >= 15 is 0 Å². The van der Waals surface area contributed by atoms with Crippen molar-refractivity contribution in [1.82, 2.24) is 19.7 Å². The Morgan fingerprint density at radius 2 is 2.04 bits per heavy atom. The lowest BCUT2D eigenvalue weighted by molar-refractivity contribution is 0.0931. The Bertz CT molecular complexity index is 891. The number of rotatable bonds is 5. The lowest BCUT2D eigenvalue weighted by Gasteiger charge is -2.12. The topological polar surface area (TPSA) is 51.9 Å². The first-order chi connectivity index (χ1) is 12.0. The van der Waals surface area contributed by atoms with E-state index in [0.717, 1.165) is 29.1 Å². The Balaban J connectivity index is 2.09. The standard InChI is InChI=1S/C20H24N4O/c1-5-15(3)21-20(25)19-13-17(18-10-7-11-23(18)4)22-24(19)16-9-6-8-14(2)12-16/h6-13,15H,5H2,1-4H3,(H,21,25). The summed E-state index contributed by atoms with van der Waals surface area (Å²) in [7, 11) is 1.97. The van der Waals surface area contributed by atoms with Gasteiger partial charge in [-0.05, 0) is 56.2 Å². The molecule has 0 radical (unpaired) electrons. The van der Waals surface area contributed by atoms with Gasteiger partial charge in [-0.1, -0.05) is 19.1 Å². The van der Waals surface area contributed by atoms with E-state index in [4.69, 9.17) is 5.10 Å². The predicted octanol–water partition coefficient (Wildman–Crippen LogP) is 3.71. The van der Waals surface area contributed by atoms with Crippen molar-refractivity contribution in [3.8, 4) is 17.1 Å². The number of benzene rings is 1. The van der Waals surface area contributed by atoms with Crippen molar-refractivity contribution < 1.29 is 4.79 Å². The fourth-order valence-corrected chi connectivity index (χ4v) is 2.75. The van der Waals surface area contributed by atoms with Crippen LogP contribution in [0.1, 0.15) is 36.3 Å². The molecule has 1 unspecified atom stereocenters. The Hall–Kier alpha value is -2.82. The minimum atomic E-state index is -0.108. The highest BCUT2D eigenvalue weighted by Crippen LogP contribution is 2.22. The van der Waals surface area contributed by atoms with Crippen LogP contribution in [0.3, 0.4) is 0 Å². The summed E-state index contributed by atoms with van der Waals surface area (Å²) >= 11 is 0. The number of hydrogen-bond donors (Lipinski definition) is 1. The van der Waals surface area contributed by atoms with Gasteiger partial charge in [0.05, 0.1) is 11.4 Å². The molecular formula is C20H24N4O. The fourth-order valence-electron chi connectivity index (χ4n) is 2.75. The minimum absolute atomic E-state index is 0.108. The van der Waals surface area contributed by atoms with Crippen LogP contribution in [0, 0.1) is 6.92 Å². The zero-order valence-corrected chi connectivity index (χ0v) is 15.2. The zero-order chi connectivity index (χ0) is 18.0. The van der Waals surface area contributed by atoms with Crippen LogP contribution < -0.4 is 5.32 Å². The molecule has 0 saturated heterocycles. The molecule has 130 valence electrons. The first-order valence-corrected chi connectivity index (χ1v) is 8.59. The summed E-state index contributed by atoms with van der Waals surface area (Å²) in [5.74, 6) is -0.108. The lowest BCUT2D eigenvalue weighted by Crippen LogP contribution is -2.33. The molecule has 0 aliphatic rings. The maximum absolute atomic E-state index is 12.8. The van der Waals surface area contributed by atoms with Crippen molar-refractivity contribution in [3.63, 3.8) is 0 Å². The summed E-state index contributed by atoms with van der Waals surface area (Å²) in [6.07, 6.45) is 2.86. The molecule has 1 amide bonds. The monoisotopic (exact) mass is 336 g/mol. The number of carbonyl (C=O) groups is 1. The summed E-state index contributed by atoms with van der Waals surface area (Å²) in [6.45, 7) is 6.09. The van der Waals surface area contributed by atoms with Gasteiger partial charge in [0, 0.05) is 19.3 Å². The number of aromatic nitrogens is 3. The molecule has 0 bridgehead atoms. The van der Waals surface area contributed by atoms with Crippen LogP contribution in [0.25, 0.3) is 17.1 Å². The van der Waals surface area contributed by atoms with E-state index in [1.807, 2.05) is 74.1 Å². The lowest BCUT2D eigenvalue weighted by atomic mass is 10.2. The average Bonchev–Trinajstić information content (AvgIpc) is 3.20. The molecule has 0 fully saturated rings. The maximum Gasteiger partial charge on any atom is 0.270 e. The number of carbonyl (C=O) groups excluding carboxylic acids is 1. The van der Waals surface area contributed by atoms with Gasteiger partial charge >= 0.3 is 0 Å². The van der Waals surface area contributed by atoms with Gasteiger partial charge in [-0.2, -0.15) is 5.10 Å². The van der Waals surface area contributed by atoms with E-state index < -0.39 is 0 Å². The molecule has 1 aromatic carbocycles. The number of hydrogen-bond acceptors (Lipinski definition) is 2. The molecule has 0 aliphatic carbocycles. The molecule has 1 N–H and O–H groups in total. The van der Waals surface area contributed by atoms with E-state index in [2.05, 4.69) is 12.2 Å². The van der Waals surface area contributed by atoms with Gasteiger partial charge in [0.2, 0.25) is 0 Å². The highest BCUT2D eigenvalue weighted by molar-refractivity contribution is 5.94. The molecule has 25 heavy (non-hydrogen) atoms. The van der Waals surface area contributed by atoms with Gasteiger partial charge in [-0.3, -0.25) is 4.79 Å². The van der Waals surface area contributed by atoms with Crippen molar-refractivity contribution in [1.29, 1.82) is 0 Å². The first kappa shape index (κ1) is 17.0. The molecule has 2 heterocycles. The molecule has 5 heteroatoms. The summed E-state index contributed by atoms with van der Waals surface area (Å²) < 4.78 is 3.73. The Morgan fingerprint density at radius 1 is 1.24 bits per heavy atom. The largest absolute Gasteiger partial charge is 0.349 e. The van der Waals surface area contributed by atoms with Crippen LogP contribution in [0.15, 0.2) is 48.7 Å². The molecule has 3 rings (SSSR count). The van der Waals surface area contributed by atoms with Crippen molar-refractivity contribution >= 4 is 5.91 Å². The highest BCUT2D eigenvalue weighted by atomic mass is 16.2. The molecular weight excluding hydrogens is 312 g/mol. The summed E-state index contributed by atoms with van der Waals surface area (Å²) in [5, 5.41) is 7.75. The van der Waals surface area contributed by atoms with Crippen LogP contribution in [0.2, 0.25) is 0 Å². The van der Waals surface area contributed by atoms with Crippen LogP contribution >= 0.6 is 0 Å². The summed E-state index contributed by atoms with van der Waals surface area (Å²) in [6, 6.07) is 14.0. The van der Waals surface area contributed by atoms with Gasteiger partial charge in [0.25, 0.3) is 5.91 Å². The normalized spacial score (nSPS) is 12.2. The van der Waals surface area contributed by atoms with Gasteiger partial charge in [0.1, 0.15) is 11.4 Å². The second-order valence-corrected chi connectivity index (χ2v) is 6.45. The van der Waals surface area contributed by atoms with Gasteiger partial charge in [-0.25, -0.2) is 4.68 Å². The molecule has 5 nitrogen and oxygen atoms in total. The smallest absolute Gasteiger partial charge is 0.270 e. The van der Waals surface area contributed by atoms with Crippen LogP contribution in [0.5, 0.6) is 0 Å². The van der Waals surface area contributed by atoms with E-state index in [0.29, 0.717) is 5.69 Å². The van der Waals surface area contributed by atoms with Crippen LogP contribution in [-0.4, -0.2) is 26.3 Å². The van der Waals surface area contributed by atoms with Crippen molar-refractivity contribution in [3.05, 3.63) is 59.9 Å². The van der Waals surface area contributed by atoms with E-state index in [9.17, 15) is 4.79 Å². The molecule has 2 aromatic heterocycles. The van der Waals surface area contributed by atoms with Crippen molar-refractivity contribution in [2.45, 2.75) is 33.2 Å². The average molecular weight is 336 g/mol. The molecule has 0 spiro atoms. The number of aryl methyl sites for hydroxylation is 2. The SMILES string of the molecule is CCC(C)NC(=O)c1cc(-c2cccn2C)nn1-c1cccc(C)c1. The van der Waals surface area contributed by atoms with Gasteiger partial charge < -0.3 is 9.88 Å². The molecule has 3 aromatic rings. The second-order valence-electron chi connectivity index (χ2n) is 6.45. The quantitative estimate of drug-likeness (QED) is 0.772. The molecule has 1 atom stereocenters. The predicted molar refractivity (Wildman–Crippen MR) is 99.9 cm³/mol. The van der Waals surface area contributed by atoms with Crippen LogP contribution in [-0.2, 0) is 7.05 Å². The van der Waals surface area contributed by atoms with Gasteiger partial charge in [0.15, 0.2) is 0 Å². The number of nitrogens with zero attached hydrogens (tertiary/aromatic N) is 3. The number of amides is 1. The third kappa shape index (κ3) is 3.50. The van der Waals surface area contributed by atoms with Crippen LogP contribution in [0.4, 0.5) is 0 Å². The third-order valence-electron chi connectivity index (χ3n) is 4.38. The minimum Gasteiger partial charge on any atom is -0.349 e. The Labute approximate surface area is 148 Å². The Morgan fingerprint density at radius 3 is 2.68 bits per heavy atom. The van der Waals surface area contributed by atoms with Crippen molar-refractivity contribution in [2.24, 2.45) is 7.05 Å². The van der Waals surface area contributed by atoms with E-state index in [-0.39, 0.29) is 11.9 Å². The maximum atomic E-state index is 12.8. The number of nitrogens with one attached hydrogen (secondary N) is 1. The Kier molecular flexibility index (Phi) is 4.74. The summed E-state index contributed by atoms with van der Waals surface area (Å²) in [4.78, 5) is 12.8.